The third-order valence-corrected chi connectivity index (χ3v) is 3.29. The molecule has 0 saturated heterocycles. The number of hydrogen-bond acceptors (Lipinski definition) is 2. The molecule has 0 saturated carbocycles. The van der Waals surface area contributed by atoms with E-state index in [1.807, 2.05) is 0 Å². The van der Waals surface area contributed by atoms with E-state index >= 15 is 0 Å². The summed E-state index contributed by atoms with van der Waals surface area (Å²) in [4.78, 5) is 0. The van der Waals surface area contributed by atoms with Crippen LogP contribution in [0.4, 0.5) is 0 Å². The van der Waals surface area contributed by atoms with E-state index in [4.69, 9.17) is 51.0 Å². The molecule has 1 N–H and O–H groups in total. The minimum Gasteiger partial charge on any atom is -0.378 e. The molecule has 1 aromatic carbocycles. The molecule has 0 aromatic heterocycles. The summed E-state index contributed by atoms with van der Waals surface area (Å²) in [7, 11) is 0. The summed E-state index contributed by atoms with van der Waals surface area (Å²) in [6.07, 6.45) is 0. The average molecular weight is 296 g/mol. The molecule has 0 bridgehead atoms. The van der Waals surface area contributed by atoms with E-state index in [-0.39, 0.29) is 25.8 Å². The van der Waals surface area contributed by atoms with Gasteiger partial charge in [-0.15, -0.1) is 0 Å². The van der Waals surface area contributed by atoms with Crippen molar-refractivity contribution in [1.29, 1.82) is 0 Å². The molecule has 0 radical (unpaired) electrons. The largest absolute Gasteiger partial charge is 0.378 e. The lowest BCUT2D eigenvalue weighted by atomic mass is 10.3. The molecule has 8 heteroatoms. The van der Waals surface area contributed by atoms with Crippen LogP contribution in [0.3, 0.4) is 0 Å². The molecule has 1 rings (SSSR count). The summed E-state index contributed by atoms with van der Waals surface area (Å²) < 4.78 is 23.2. The maximum absolute atomic E-state index is 10.3. The normalized spacial score (nSPS) is 12.6. The van der Waals surface area contributed by atoms with Crippen LogP contribution in [0.5, 0.6) is 5.75 Å². The first-order chi connectivity index (χ1) is 6.43. The number of halogens is 4. The van der Waals surface area contributed by atoms with Crippen molar-refractivity contribution in [2.24, 2.45) is 0 Å². The molecule has 1 atom stereocenters. The second-order valence-electron chi connectivity index (χ2n) is 2.10. The second kappa shape index (κ2) is 4.88. The van der Waals surface area contributed by atoms with Gasteiger partial charge in [0.15, 0.2) is 5.75 Å². The lowest BCUT2D eigenvalue weighted by molar-refractivity contribution is 0.458. The van der Waals surface area contributed by atoms with Gasteiger partial charge in [0, 0.05) is 6.07 Å². The predicted octanol–water partition coefficient (Wildman–Crippen LogP) is 3.82. The van der Waals surface area contributed by atoms with Crippen molar-refractivity contribution in [3.8, 4) is 5.75 Å². The Kier molecular flexibility index (Phi) is 4.30. The highest BCUT2D eigenvalue weighted by atomic mass is 35.5. The summed E-state index contributed by atoms with van der Waals surface area (Å²) >= 11 is 20.1. The Labute approximate surface area is 102 Å². The third kappa shape index (κ3) is 2.66. The monoisotopic (exact) mass is 294 g/mol. The zero-order valence-electron chi connectivity index (χ0n) is 6.26. The van der Waals surface area contributed by atoms with Gasteiger partial charge in [-0.1, -0.05) is 46.4 Å². The van der Waals surface area contributed by atoms with Crippen LogP contribution in [-0.4, -0.2) is 8.76 Å². The molecule has 0 aliphatic heterocycles. The van der Waals surface area contributed by atoms with E-state index in [1.165, 1.54) is 6.07 Å². The summed E-state index contributed by atoms with van der Waals surface area (Å²) in [5, 5.41) is 0.0562. The Balaban J connectivity index is 3.25. The zero-order valence-corrected chi connectivity index (χ0v) is 10.1. The number of benzene rings is 1. The molecule has 0 aliphatic rings. The van der Waals surface area contributed by atoms with Gasteiger partial charge in [-0.2, -0.15) is 4.21 Å². The topological polar surface area (TPSA) is 46.5 Å². The van der Waals surface area contributed by atoms with E-state index < -0.39 is 11.4 Å². The van der Waals surface area contributed by atoms with Crippen LogP contribution >= 0.6 is 46.4 Å². The van der Waals surface area contributed by atoms with Crippen molar-refractivity contribution in [2.75, 3.05) is 0 Å². The highest BCUT2D eigenvalue weighted by molar-refractivity contribution is 7.74. The Hall–Kier alpha value is 0.290. The molecule has 1 aromatic rings. The van der Waals surface area contributed by atoms with Crippen LogP contribution in [0.1, 0.15) is 0 Å². The van der Waals surface area contributed by atoms with Gasteiger partial charge < -0.3 is 4.18 Å². The second-order valence-corrected chi connectivity index (χ2v) is 4.24. The Bertz CT molecular complexity index is 395. The molecule has 1 unspecified atom stereocenters. The van der Waals surface area contributed by atoms with Crippen molar-refractivity contribution in [2.45, 2.75) is 0 Å². The molecular formula is C6H2Cl4O3S. The SMILES string of the molecule is O=S(O)Oc1cc(Cl)c(Cl)c(Cl)c1Cl. The molecule has 0 spiro atoms. The molecule has 78 valence electrons. The first-order valence-corrected chi connectivity index (χ1v) is 5.60. The van der Waals surface area contributed by atoms with Gasteiger partial charge in [-0.25, -0.2) is 0 Å². The van der Waals surface area contributed by atoms with Gasteiger partial charge >= 0.3 is 11.4 Å². The Morgan fingerprint density at radius 3 is 2.21 bits per heavy atom. The lowest BCUT2D eigenvalue weighted by Gasteiger charge is -2.06. The van der Waals surface area contributed by atoms with Crippen LogP contribution in [0.2, 0.25) is 20.1 Å². The zero-order chi connectivity index (χ0) is 10.9. The van der Waals surface area contributed by atoms with Crippen LogP contribution in [0.15, 0.2) is 6.07 Å². The van der Waals surface area contributed by atoms with Crippen LogP contribution < -0.4 is 4.18 Å². The standard InChI is InChI=1S/C6H2Cl4O3S/c7-2-1-3(13-14(11)12)5(9)6(10)4(2)8/h1H,(H,11,12). The first-order valence-electron chi connectivity index (χ1n) is 3.05. The minimum absolute atomic E-state index is 0.0266. The number of rotatable bonds is 2. The van der Waals surface area contributed by atoms with Gasteiger partial charge in [0.25, 0.3) is 0 Å². The molecular weight excluding hydrogens is 294 g/mol. The van der Waals surface area contributed by atoms with E-state index in [1.54, 1.807) is 0 Å². The van der Waals surface area contributed by atoms with E-state index in [0.717, 1.165) is 0 Å². The highest BCUT2D eigenvalue weighted by Crippen LogP contribution is 2.42. The predicted molar refractivity (Wildman–Crippen MR) is 57.9 cm³/mol. The third-order valence-electron chi connectivity index (χ3n) is 1.23. The molecule has 0 amide bonds. The maximum Gasteiger partial charge on any atom is 0.357 e. The molecule has 0 aliphatic carbocycles. The fourth-order valence-electron chi connectivity index (χ4n) is 0.689. The summed E-state index contributed by atoms with van der Waals surface area (Å²) in [6, 6.07) is 1.20. The van der Waals surface area contributed by atoms with Gasteiger partial charge in [-0.3, -0.25) is 4.55 Å². The van der Waals surface area contributed by atoms with Crippen molar-refractivity contribution in [3.05, 3.63) is 26.2 Å². The molecule has 0 fully saturated rings. The summed E-state index contributed by atoms with van der Waals surface area (Å²) in [5.41, 5.74) is 0. The van der Waals surface area contributed by atoms with Crippen molar-refractivity contribution < 1.29 is 12.9 Å². The summed E-state index contributed by atoms with van der Waals surface area (Å²) in [5.74, 6) is -0.105. The fourth-order valence-corrected chi connectivity index (χ4v) is 1.84. The van der Waals surface area contributed by atoms with Crippen LogP contribution in [-0.2, 0) is 11.4 Å². The molecule has 3 nitrogen and oxygen atoms in total. The van der Waals surface area contributed by atoms with Gasteiger partial charge in [0.05, 0.1) is 15.1 Å². The van der Waals surface area contributed by atoms with Gasteiger partial charge in [-0.05, 0) is 0 Å². The van der Waals surface area contributed by atoms with Crippen molar-refractivity contribution >= 4 is 57.8 Å². The van der Waals surface area contributed by atoms with Crippen molar-refractivity contribution in [3.63, 3.8) is 0 Å². The van der Waals surface area contributed by atoms with Crippen LogP contribution in [0, 0.1) is 0 Å². The quantitative estimate of drug-likeness (QED) is 0.513. The Morgan fingerprint density at radius 2 is 1.71 bits per heavy atom. The first kappa shape index (κ1) is 12.4. The fraction of sp³-hybridized carbons (Fsp3) is 0. The molecule has 14 heavy (non-hydrogen) atoms. The average Bonchev–Trinajstić information content (AvgIpc) is 2.10. The smallest absolute Gasteiger partial charge is 0.357 e. The van der Waals surface area contributed by atoms with Gasteiger partial charge in [0.2, 0.25) is 0 Å². The van der Waals surface area contributed by atoms with E-state index in [9.17, 15) is 4.21 Å². The maximum atomic E-state index is 10.3. The van der Waals surface area contributed by atoms with Crippen molar-refractivity contribution in [1.82, 2.24) is 0 Å². The van der Waals surface area contributed by atoms with E-state index in [0.29, 0.717) is 0 Å². The molecule has 0 heterocycles. The van der Waals surface area contributed by atoms with Crippen LogP contribution in [0.25, 0.3) is 0 Å². The highest BCUT2D eigenvalue weighted by Gasteiger charge is 2.15. The lowest BCUT2D eigenvalue weighted by Crippen LogP contribution is -1.98. The summed E-state index contributed by atoms with van der Waals surface area (Å²) in [6.45, 7) is 0. The Morgan fingerprint density at radius 1 is 1.14 bits per heavy atom. The number of hydrogen-bond donors (Lipinski definition) is 1. The minimum atomic E-state index is -2.49. The van der Waals surface area contributed by atoms with E-state index in [2.05, 4.69) is 4.18 Å². The van der Waals surface area contributed by atoms with Gasteiger partial charge in [0.1, 0.15) is 5.02 Å².